The number of anilines is 2. The highest BCUT2D eigenvalue weighted by Gasteiger charge is 2.31. The molecule has 122 valence electrons. The molecular formula is C17H16BrN5O. The number of amides is 1. The number of carbonyl (C=O) groups is 1. The standard InChI is InChI=1S/C17H16BrN5O/c1-22-10-13(8-20-22)23-9-12(7-17(23)24)21-15-4-5-19-16-6-11(18)2-3-14(15)16/h2-6,8,10,12H,7,9H2,1H3,(H,19,21). The molecule has 1 aromatic carbocycles. The first kappa shape index (κ1) is 15.1. The van der Waals surface area contributed by atoms with E-state index in [0.717, 1.165) is 26.8 Å². The maximum Gasteiger partial charge on any atom is 0.229 e. The maximum absolute atomic E-state index is 12.3. The number of nitrogens with zero attached hydrogens (tertiary/aromatic N) is 4. The molecule has 1 atom stereocenters. The zero-order chi connectivity index (χ0) is 16.7. The average molecular weight is 386 g/mol. The van der Waals surface area contributed by atoms with Crippen molar-refractivity contribution in [2.45, 2.75) is 12.5 Å². The highest BCUT2D eigenvalue weighted by molar-refractivity contribution is 9.10. The summed E-state index contributed by atoms with van der Waals surface area (Å²) in [6.45, 7) is 0.630. The Morgan fingerprint density at radius 1 is 1.33 bits per heavy atom. The van der Waals surface area contributed by atoms with Gasteiger partial charge >= 0.3 is 0 Å². The molecule has 1 aliphatic heterocycles. The van der Waals surface area contributed by atoms with E-state index in [-0.39, 0.29) is 11.9 Å². The molecule has 6 nitrogen and oxygen atoms in total. The van der Waals surface area contributed by atoms with Crippen LogP contribution in [-0.2, 0) is 11.8 Å². The molecule has 1 fully saturated rings. The zero-order valence-electron chi connectivity index (χ0n) is 13.1. The lowest BCUT2D eigenvalue weighted by atomic mass is 10.1. The normalized spacial score (nSPS) is 17.7. The fourth-order valence-electron chi connectivity index (χ4n) is 3.07. The van der Waals surface area contributed by atoms with Crippen molar-refractivity contribution in [3.63, 3.8) is 0 Å². The van der Waals surface area contributed by atoms with Crippen LogP contribution in [0.2, 0.25) is 0 Å². The van der Waals surface area contributed by atoms with E-state index in [1.807, 2.05) is 37.5 Å². The molecule has 1 aliphatic rings. The highest BCUT2D eigenvalue weighted by atomic mass is 79.9. The van der Waals surface area contributed by atoms with Gasteiger partial charge in [0.15, 0.2) is 0 Å². The SMILES string of the molecule is Cn1cc(N2CC(Nc3ccnc4cc(Br)ccc34)CC2=O)cn1. The summed E-state index contributed by atoms with van der Waals surface area (Å²) in [6.07, 6.45) is 5.83. The quantitative estimate of drug-likeness (QED) is 0.752. The van der Waals surface area contributed by atoms with E-state index in [4.69, 9.17) is 0 Å². The Bertz CT molecular complexity index is 922. The van der Waals surface area contributed by atoms with E-state index in [0.29, 0.717) is 13.0 Å². The molecular weight excluding hydrogens is 370 g/mol. The maximum atomic E-state index is 12.3. The second-order valence-corrected chi connectivity index (χ2v) is 6.86. The number of fused-ring (bicyclic) bond motifs is 1. The lowest BCUT2D eigenvalue weighted by molar-refractivity contribution is -0.117. The van der Waals surface area contributed by atoms with Gasteiger partial charge in [0.2, 0.25) is 5.91 Å². The van der Waals surface area contributed by atoms with Crippen LogP contribution in [0.15, 0.2) is 47.3 Å². The number of hydrogen-bond donors (Lipinski definition) is 1. The Labute approximate surface area is 147 Å². The molecule has 1 N–H and O–H groups in total. The molecule has 0 spiro atoms. The van der Waals surface area contributed by atoms with Crippen LogP contribution in [0, 0.1) is 0 Å². The molecule has 7 heteroatoms. The largest absolute Gasteiger partial charge is 0.379 e. The molecule has 0 bridgehead atoms. The van der Waals surface area contributed by atoms with Crippen LogP contribution in [0.4, 0.5) is 11.4 Å². The van der Waals surface area contributed by atoms with Crippen molar-refractivity contribution in [1.82, 2.24) is 14.8 Å². The van der Waals surface area contributed by atoms with E-state index in [1.165, 1.54) is 0 Å². The molecule has 0 radical (unpaired) electrons. The summed E-state index contributed by atoms with van der Waals surface area (Å²) in [7, 11) is 1.85. The van der Waals surface area contributed by atoms with E-state index >= 15 is 0 Å². The molecule has 1 unspecified atom stereocenters. The van der Waals surface area contributed by atoms with Gasteiger partial charge in [-0.05, 0) is 24.3 Å². The van der Waals surface area contributed by atoms with Crippen LogP contribution in [-0.4, -0.2) is 33.3 Å². The van der Waals surface area contributed by atoms with Gasteiger partial charge in [-0.15, -0.1) is 0 Å². The molecule has 1 saturated heterocycles. The van der Waals surface area contributed by atoms with Crippen molar-refractivity contribution in [2.24, 2.45) is 7.05 Å². The Kier molecular flexibility index (Phi) is 3.72. The number of carbonyl (C=O) groups excluding carboxylic acids is 1. The summed E-state index contributed by atoms with van der Waals surface area (Å²) in [6, 6.07) is 8.03. The van der Waals surface area contributed by atoms with Gasteiger partial charge in [0.25, 0.3) is 0 Å². The number of pyridine rings is 1. The van der Waals surface area contributed by atoms with Crippen molar-refractivity contribution in [2.75, 3.05) is 16.8 Å². The minimum atomic E-state index is 0.0620. The first-order valence-corrected chi connectivity index (χ1v) is 8.49. The third-order valence-corrected chi connectivity index (χ3v) is 4.69. The van der Waals surface area contributed by atoms with Gasteiger partial charge in [0.1, 0.15) is 0 Å². The Balaban J connectivity index is 1.57. The van der Waals surface area contributed by atoms with E-state index in [2.05, 4.69) is 31.3 Å². The molecule has 2 aromatic heterocycles. The monoisotopic (exact) mass is 385 g/mol. The van der Waals surface area contributed by atoms with Gasteiger partial charge in [-0.2, -0.15) is 5.10 Å². The molecule has 0 saturated carbocycles. The number of benzene rings is 1. The van der Waals surface area contributed by atoms with Crippen molar-refractivity contribution in [3.05, 3.63) is 47.3 Å². The van der Waals surface area contributed by atoms with Crippen molar-refractivity contribution >= 4 is 44.1 Å². The van der Waals surface area contributed by atoms with Crippen molar-refractivity contribution < 1.29 is 4.79 Å². The minimum Gasteiger partial charge on any atom is -0.379 e. The smallest absolute Gasteiger partial charge is 0.229 e. The van der Waals surface area contributed by atoms with Gasteiger partial charge in [0, 0.05) is 48.0 Å². The molecule has 3 heterocycles. The lowest BCUT2D eigenvalue weighted by Crippen LogP contribution is -2.27. The third kappa shape index (κ3) is 2.75. The summed E-state index contributed by atoms with van der Waals surface area (Å²) in [5.74, 6) is 0.113. The van der Waals surface area contributed by atoms with Crippen LogP contribution in [0.25, 0.3) is 10.9 Å². The first-order valence-electron chi connectivity index (χ1n) is 7.70. The molecule has 1 amide bonds. The number of halogens is 1. The van der Waals surface area contributed by atoms with E-state index < -0.39 is 0 Å². The van der Waals surface area contributed by atoms with Crippen molar-refractivity contribution in [1.29, 1.82) is 0 Å². The molecule has 0 aliphatic carbocycles. The van der Waals surface area contributed by atoms with Gasteiger partial charge in [-0.25, -0.2) is 0 Å². The minimum absolute atomic E-state index is 0.0620. The number of aryl methyl sites for hydroxylation is 1. The van der Waals surface area contributed by atoms with Gasteiger partial charge < -0.3 is 10.2 Å². The van der Waals surface area contributed by atoms with Crippen LogP contribution in [0.3, 0.4) is 0 Å². The predicted octanol–water partition coefficient (Wildman–Crippen LogP) is 2.95. The molecule has 24 heavy (non-hydrogen) atoms. The number of rotatable bonds is 3. The van der Waals surface area contributed by atoms with Gasteiger partial charge in [0.05, 0.1) is 23.4 Å². The van der Waals surface area contributed by atoms with Gasteiger partial charge in [-0.3, -0.25) is 14.5 Å². The summed E-state index contributed by atoms with van der Waals surface area (Å²) in [5, 5.41) is 8.69. The van der Waals surface area contributed by atoms with Crippen LogP contribution < -0.4 is 10.2 Å². The van der Waals surface area contributed by atoms with Crippen LogP contribution in [0.1, 0.15) is 6.42 Å². The van der Waals surface area contributed by atoms with E-state index in [9.17, 15) is 4.79 Å². The summed E-state index contributed by atoms with van der Waals surface area (Å²) in [4.78, 5) is 18.5. The Hall–Kier alpha value is -2.41. The number of nitrogens with one attached hydrogen (secondary N) is 1. The fraction of sp³-hybridized carbons (Fsp3) is 0.235. The summed E-state index contributed by atoms with van der Waals surface area (Å²) < 4.78 is 2.70. The molecule has 3 aromatic rings. The lowest BCUT2D eigenvalue weighted by Gasteiger charge is -2.17. The average Bonchev–Trinajstić information content (AvgIpc) is 3.13. The predicted molar refractivity (Wildman–Crippen MR) is 97.0 cm³/mol. The topological polar surface area (TPSA) is 63.1 Å². The third-order valence-electron chi connectivity index (χ3n) is 4.19. The van der Waals surface area contributed by atoms with Gasteiger partial charge in [-0.1, -0.05) is 15.9 Å². The van der Waals surface area contributed by atoms with E-state index in [1.54, 1.807) is 22.0 Å². The Morgan fingerprint density at radius 3 is 3.00 bits per heavy atom. The Morgan fingerprint density at radius 2 is 2.21 bits per heavy atom. The summed E-state index contributed by atoms with van der Waals surface area (Å²) >= 11 is 3.47. The van der Waals surface area contributed by atoms with Crippen LogP contribution in [0.5, 0.6) is 0 Å². The second-order valence-electron chi connectivity index (χ2n) is 5.94. The zero-order valence-corrected chi connectivity index (χ0v) is 14.7. The second kappa shape index (κ2) is 5.90. The number of aromatic nitrogens is 3. The highest BCUT2D eigenvalue weighted by Crippen LogP contribution is 2.28. The fourth-order valence-corrected chi connectivity index (χ4v) is 3.42. The number of hydrogen-bond acceptors (Lipinski definition) is 4. The molecule has 4 rings (SSSR count). The first-order chi connectivity index (χ1) is 11.6. The summed E-state index contributed by atoms with van der Waals surface area (Å²) in [5.41, 5.74) is 2.76. The van der Waals surface area contributed by atoms with Crippen LogP contribution >= 0.6 is 15.9 Å². The van der Waals surface area contributed by atoms with Crippen molar-refractivity contribution in [3.8, 4) is 0 Å².